The van der Waals surface area contributed by atoms with Crippen LogP contribution in [-0.4, -0.2) is 66.4 Å². The molecule has 1 aromatic heterocycles. The van der Waals surface area contributed by atoms with Crippen LogP contribution in [0.2, 0.25) is 0 Å². The summed E-state index contributed by atoms with van der Waals surface area (Å²) in [5.74, 6) is -0.230. The lowest BCUT2D eigenvalue weighted by Gasteiger charge is -2.15. The SMILES string of the molecule is CCCCCc1cc(C)c(C)c(OC(=O)NCCCC[C@@H](NC(=O)Oc2cccc3[nH]cc(CCN(C)C)c23)C(=O)O)c1. The number of likely N-dealkylation sites (N-methyl/N-ethyl adjacent to an activating group) is 1. The van der Waals surface area contributed by atoms with Crippen LogP contribution in [0.1, 0.15) is 67.7 Å². The number of hydrogen-bond donors (Lipinski definition) is 4. The molecular formula is C33H46N4O6. The summed E-state index contributed by atoms with van der Waals surface area (Å²) in [5.41, 5.74) is 5.01. The summed E-state index contributed by atoms with van der Waals surface area (Å²) < 4.78 is 11.1. The maximum Gasteiger partial charge on any atom is 0.413 e. The van der Waals surface area contributed by atoms with Crippen LogP contribution in [0.5, 0.6) is 11.5 Å². The summed E-state index contributed by atoms with van der Waals surface area (Å²) >= 11 is 0. The molecule has 0 fully saturated rings. The molecule has 2 aromatic carbocycles. The van der Waals surface area contributed by atoms with Crippen molar-refractivity contribution in [3.8, 4) is 11.5 Å². The minimum Gasteiger partial charge on any atom is -0.480 e. The van der Waals surface area contributed by atoms with E-state index in [2.05, 4.69) is 33.5 Å². The van der Waals surface area contributed by atoms with Crippen LogP contribution in [0, 0.1) is 13.8 Å². The first kappa shape index (κ1) is 33.5. The smallest absolute Gasteiger partial charge is 0.413 e. The summed E-state index contributed by atoms with van der Waals surface area (Å²) in [6, 6.07) is 8.32. The van der Waals surface area contributed by atoms with Gasteiger partial charge in [-0.25, -0.2) is 14.4 Å². The fraction of sp³-hybridized carbons (Fsp3) is 0.485. The number of carboxylic acid groups (broad SMARTS) is 1. The molecule has 0 aliphatic heterocycles. The van der Waals surface area contributed by atoms with E-state index >= 15 is 0 Å². The van der Waals surface area contributed by atoms with Gasteiger partial charge in [-0.2, -0.15) is 0 Å². The third kappa shape index (κ3) is 10.3. The molecule has 0 unspecified atom stereocenters. The van der Waals surface area contributed by atoms with Crippen LogP contribution in [0.25, 0.3) is 10.9 Å². The zero-order valence-corrected chi connectivity index (χ0v) is 26.0. The van der Waals surface area contributed by atoms with E-state index < -0.39 is 24.2 Å². The Morgan fingerprint density at radius 2 is 1.74 bits per heavy atom. The van der Waals surface area contributed by atoms with Crippen LogP contribution in [-0.2, 0) is 17.6 Å². The van der Waals surface area contributed by atoms with Crippen molar-refractivity contribution in [2.45, 2.75) is 78.2 Å². The second-order valence-electron chi connectivity index (χ2n) is 11.3. The van der Waals surface area contributed by atoms with E-state index in [9.17, 15) is 19.5 Å². The number of fused-ring (bicyclic) bond motifs is 1. The Morgan fingerprint density at radius 1 is 0.977 bits per heavy atom. The van der Waals surface area contributed by atoms with E-state index in [1.807, 2.05) is 46.3 Å². The average Bonchev–Trinajstić information content (AvgIpc) is 3.38. The van der Waals surface area contributed by atoms with Gasteiger partial charge >= 0.3 is 18.2 Å². The van der Waals surface area contributed by atoms with Crippen LogP contribution in [0.15, 0.2) is 36.5 Å². The monoisotopic (exact) mass is 594 g/mol. The number of rotatable bonds is 16. The third-order valence-corrected chi connectivity index (χ3v) is 7.51. The van der Waals surface area contributed by atoms with Crippen LogP contribution in [0.4, 0.5) is 9.59 Å². The summed E-state index contributed by atoms with van der Waals surface area (Å²) in [6.07, 6.45) is 6.79. The van der Waals surface area contributed by atoms with Crippen molar-refractivity contribution in [2.24, 2.45) is 0 Å². The van der Waals surface area contributed by atoms with Gasteiger partial charge in [0, 0.05) is 30.2 Å². The number of aliphatic carboxylic acids is 1. The number of aromatic amines is 1. The van der Waals surface area contributed by atoms with Crippen molar-refractivity contribution >= 4 is 29.1 Å². The lowest BCUT2D eigenvalue weighted by molar-refractivity contribution is -0.139. The number of hydrogen-bond acceptors (Lipinski definition) is 6. The van der Waals surface area contributed by atoms with Crippen molar-refractivity contribution in [2.75, 3.05) is 27.2 Å². The first-order chi connectivity index (χ1) is 20.6. The Labute approximate surface area is 254 Å². The summed E-state index contributed by atoms with van der Waals surface area (Å²) in [7, 11) is 3.98. The van der Waals surface area contributed by atoms with Crippen LogP contribution >= 0.6 is 0 Å². The molecule has 4 N–H and O–H groups in total. The van der Waals surface area contributed by atoms with Crippen molar-refractivity contribution in [3.05, 3.63) is 58.8 Å². The lowest BCUT2D eigenvalue weighted by Crippen LogP contribution is -2.42. The molecule has 234 valence electrons. The summed E-state index contributed by atoms with van der Waals surface area (Å²) in [4.78, 5) is 42.2. The second-order valence-corrected chi connectivity index (χ2v) is 11.3. The molecule has 10 nitrogen and oxygen atoms in total. The molecule has 1 atom stereocenters. The Balaban J connectivity index is 1.47. The number of carbonyl (C=O) groups excluding carboxylic acids is 2. The fourth-order valence-corrected chi connectivity index (χ4v) is 4.90. The molecule has 1 heterocycles. The molecule has 43 heavy (non-hydrogen) atoms. The molecule has 0 saturated carbocycles. The highest BCUT2D eigenvalue weighted by Gasteiger charge is 2.22. The van der Waals surface area contributed by atoms with E-state index in [1.54, 1.807) is 12.1 Å². The van der Waals surface area contributed by atoms with E-state index in [0.29, 0.717) is 30.9 Å². The van der Waals surface area contributed by atoms with E-state index in [4.69, 9.17) is 9.47 Å². The highest BCUT2D eigenvalue weighted by molar-refractivity contribution is 5.91. The van der Waals surface area contributed by atoms with Gasteiger partial charge in [0.05, 0.1) is 0 Å². The predicted octanol–water partition coefficient (Wildman–Crippen LogP) is 6.12. The molecule has 0 spiro atoms. The van der Waals surface area contributed by atoms with E-state index in [-0.39, 0.29) is 6.42 Å². The second kappa shape index (κ2) is 16.6. The average molecular weight is 595 g/mol. The molecule has 2 amide bonds. The fourth-order valence-electron chi connectivity index (χ4n) is 4.90. The van der Waals surface area contributed by atoms with Gasteiger partial charge < -0.3 is 35.1 Å². The van der Waals surface area contributed by atoms with E-state index in [0.717, 1.165) is 71.8 Å². The van der Waals surface area contributed by atoms with Gasteiger partial charge in [-0.05, 0) is 107 Å². The maximum atomic E-state index is 12.7. The highest BCUT2D eigenvalue weighted by Crippen LogP contribution is 2.29. The number of H-pyrrole nitrogens is 1. The quantitative estimate of drug-likeness (QED) is 0.147. The minimum atomic E-state index is -1.15. The third-order valence-electron chi connectivity index (χ3n) is 7.51. The molecule has 0 aliphatic rings. The Kier molecular flexibility index (Phi) is 12.9. The van der Waals surface area contributed by atoms with Crippen molar-refractivity contribution in [1.82, 2.24) is 20.5 Å². The summed E-state index contributed by atoms with van der Waals surface area (Å²) in [5, 5.41) is 15.7. The normalized spacial score (nSPS) is 11.9. The molecule has 0 aliphatic carbocycles. The van der Waals surface area contributed by atoms with Gasteiger partial charge in [0.1, 0.15) is 17.5 Å². The first-order valence-electron chi connectivity index (χ1n) is 15.1. The Hall–Kier alpha value is -4.05. The molecule has 3 aromatic rings. The van der Waals surface area contributed by atoms with Crippen molar-refractivity contribution < 1.29 is 29.0 Å². The number of nitrogens with one attached hydrogen (secondary N) is 3. The zero-order chi connectivity index (χ0) is 31.4. The minimum absolute atomic E-state index is 0.182. The number of unbranched alkanes of at least 4 members (excludes halogenated alkanes) is 3. The van der Waals surface area contributed by atoms with Gasteiger partial charge in [-0.15, -0.1) is 0 Å². The number of carbonyl (C=O) groups is 3. The topological polar surface area (TPSA) is 133 Å². The van der Waals surface area contributed by atoms with Crippen molar-refractivity contribution in [1.29, 1.82) is 0 Å². The molecular weight excluding hydrogens is 548 g/mol. The van der Waals surface area contributed by atoms with Gasteiger partial charge in [0.25, 0.3) is 0 Å². The van der Waals surface area contributed by atoms with Gasteiger partial charge in [-0.1, -0.05) is 31.9 Å². The van der Waals surface area contributed by atoms with Gasteiger partial charge in [0.2, 0.25) is 0 Å². The number of benzene rings is 2. The highest BCUT2D eigenvalue weighted by atomic mass is 16.6. The molecule has 3 rings (SSSR count). The van der Waals surface area contributed by atoms with Gasteiger partial charge in [0.15, 0.2) is 0 Å². The Morgan fingerprint density at radius 3 is 2.47 bits per heavy atom. The van der Waals surface area contributed by atoms with E-state index in [1.165, 1.54) is 0 Å². The number of amides is 2. The predicted molar refractivity (Wildman–Crippen MR) is 168 cm³/mol. The molecule has 0 bridgehead atoms. The van der Waals surface area contributed by atoms with Gasteiger partial charge in [-0.3, -0.25) is 0 Å². The lowest BCUT2D eigenvalue weighted by atomic mass is 10.0. The van der Waals surface area contributed by atoms with Crippen molar-refractivity contribution in [3.63, 3.8) is 0 Å². The standard InChI is InChI=1S/C33H46N4O6/c1-6-7-8-12-24-19-22(2)23(3)29(20-24)43-32(40)34-17-10-9-13-27(31(38)39)36-33(41)42-28-15-11-14-26-30(28)25(21-35-26)16-18-37(4)5/h11,14-15,19-21,27,35H,6-10,12-13,16-18H2,1-5H3,(H,34,40)(H,36,41)(H,38,39)/t27-/m1/s1. The number of nitrogens with zero attached hydrogens (tertiary/aromatic N) is 1. The number of aryl methyl sites for hydroxylation is 2. The largest absolute Gasteiger partial charge is 0.480 e. The molecule has 0 saturated heterocycles. The maximum absolute atomic E-state index is 12.7. The first-order valence-corrected chi connectivity index (χ1v) is 15.1. The summed E-state index contributed by atoms with van der Waals surface area (Å²) in [6.45, 7) is 7.25. The zero-order valence-electron chi connectivity index (χ0n) is 26.0. The molecule has 0 radical (unpaired) electrons. The number of carboxylic acids is 1. The van der Waals surface area contributed by atoms with Crippen LogP contribution in [0.3, 0.4) is 0 Å². The molecule has 10 heteroatoms. The van der Waals surface area contributed by atoms with Crippen LogP contribution < -0.4 is 20.1 Å². The number of ether oxygens (including phenoxy) is 2. The number of aromatic nitrogens is 1. The Bertz CT molecular complexity index is 1380.